The Morgan fingerprint density at radius 2 is 0.694 bits per heavy atom. The lowest BCUT2D eigenvalue weighted by Crippen LogP contribution is -2.09. The summed E-state index contributed by atoms with van der Waals surface area (Å²) in [6, 6.07) is 88.4. The minimum Gasteiger partial charge on any atom is -0.311 e. The highest BCUT2D eigenvalue weighted by atomic mass is 15.1. The van der Waals surface area contributed by atoms with Crippen LogP contribution in [0.1, 0.15) is 0 Å². The second-order valence-corrected chi connectivity index (χ2v) is 16.1. The molecule has 0 saturated heterocycles. The number of hydrogen-bond acceptors (Lipinski definition) is 1. The van der Waals surface area contributed by atoms with Gasteiger partial charge in [0.25, 0.3) is 0 Å². The van der Waals surface area contributed by atoms with Gasteiger partial charge in [0.2, 0.25) is 0 Å². The van der Waals surface area contributed by atoms with Crippen LogP contribution >= 0.6 is 0 Å². The third-order valence-corrected chi connectivity index (χ3v) is 12.6. The molecule has 0 amide bonds. The second-order valence-electron chi connectivity index (χ2n) is 16.1. The quantitative estimate of drug-likeness (QED) is 0.156. The number of anilines is 3. The van der Waals surface area contributed by atoms with E-state index in [0.717, 1.165) is 17.1 Å². The summed E-state index contributed by atoms with van der Waals surface area (Å²) in [4.78, 5) is 2.37. The van der Waals surface area contributed by atoms with Crippen LogP contribution in [0, 0.1) is 0 Å². The van der Waals surface area contributed by atoms with Gasteiger partial charge in [-0.1, -0.05) is 194 Å². The van der Waals surface area contributed by atoms with Crippen molar-refractivity contribution in [3.63, 3.8) is 0 Å². The molecule has 12 aromatic rings. The minimum atomic E-state index is 1.09. The van der Waals surface area contributed by atoms with Crippen molar-refractivity contribution in [1.82, 2.24) is 4.40 Å². The van der Waals surface area contributed by atoms with Crippen molar-refractivity contribution in [3.05, 3.63) is 243 Å². The first-order valence-corrected chi connectivity index (χ1v) is 21.3. The van der Waals surface area contributed by atoms with E-state index >= 15 is 0 Å². The molecule has 0 N–H and O–H groups in total. The predicted molar refractivity (Wildman–Crippen MR) is 264 cm³/mol. The molecule has 0 fully saturated rings. The Hall–Kier alpha value is -8.20. The van der Waals surface area contributed by atoms with E-state index in [0.29, 0.717) is 0 Å². The van der Waals surface area contributed by atoms with Crippen molar-refractivity contribution < 1.29 is 0 Å². The summed E-state index contributed by atoms with van der Waals surface area (Å²) in [6.45, 7) is 0. The maximum Gasteiger partial charge on any atom is 0.0619 e. The Bertz CT molecular complexity index is 3470. The Kier molecular flexibility index (Phi) is 8.53. The fraction of sp³-hybridized carbons (Fsp3) is 0. The maximum atomic E-state index is 2.47. The molecule has 2 aromatic heterocycles. The topological polar surface area (TPSA) is 7.65 Å². The maximum absolute atomic E-state index is 2.47. The van der Waals surface area contributed by atoms with E-state index in [4.69, 9.17) is 0 Å². The highest BCUT2D eigenvalue weighted by molar-refractivity contribution is 6.13. The fourth-order valence-corrected chi connectivity index (χ4v) is 9.68. The SMILES string of the molecule is c1ccc(-c2c3cccc(-c4ccc(N(c5ccc(-c6cccc7ccccc67)cc5)c5ccc(-c6cccc7ccccc67)cc5)cc4)c3n3c2ccc2ccccc23)cc1. The minimum absolute atomic E-state index is 1.09. The van der Waals surface area contributed by atoms with Crippen LogP contribution in [0.4, 0.5) is 17.1 Å². The smallest absolute Gasteiger partial charge is 0.0619 e. The third-order valence-electron chi connectivity index (χ3n) is 12.6. The molecule has 0 radical (unpaired) electrons. The lowest BCUT2D eigenvalue weighted by atomic mass is 9.97. The first-order valence-electron chi connectivity index (χ1n) is 21.3. The molecule has 0 saturated carbocycles. The van der Waals surface area contributed by atoms with Gasteiger partial charge < -0.3 is 9.30 Å². The van der Waals surface area contributed by atoms with E-state index in [1.54, 1.807) is 0 Å². The van der Waals surface area contributed by atoms with Gasteiger partial charge in [0.15, 0.2) is 0 Å². The van der Waals surface area contributed by atoms with E-state index in [2.05, 4.69) is 252 Å². The van der Waals surface area contributed by atoms with E-state index in [1.165, 1.54) is 93.4 Å². The molecule has 0 spiro atoms. The molecule has 2 heterocycles. The van der Waals surface area contributed by atoms with Crippen molar-refractivity contribution >= 4 is 65.9 Å². The van der Waals surface area contributed by atoms with Crippen molar-refractivity contribution in [2.45, 2.75) is 0 Å². The van der Waals surface area contributed by atoms with E-state index < -0.39 is 0 Å². The van der Waals surface area contributed by atoms with E-state index in [9.17, 15) is 0 Å². The van der Waals surface area contributed by atoms with Gasteiger partial charge in [0.1, 0.15) is 0 Å². The van der Waals surface area contributed by atoms with Gasteiger partial charge in [0, 0.05) is 33.6 Å². The number of benzene rings is 10. The molecule has 2 nitrogen and oxygen atoms in total. The van der Waals surface area contributed by atoms with Crippen LogP contribution in [0.15, 0.2) is 243 Å². The second kappa shape index (κ2) is 14.8. The first kappa shape index (κ1) is 35.7. The Balaban J connectivity index is 0.994. The zero-order chi connectivity index (χ0) is 41.0. The van der Waals surface area contributed by atoms with Crippen LogP contribution < -0.4 is 4.90 Å². The lowest BCUT2D eigenvalue weighted by molar-refractivity contribution is 1.28. The molecular formula is C60H40N2. The highest BCUT2D eigenvalue weighted by Gasteiger charge is 2.20. The first-order chi connectivity index (χ1) is 30.8. The number of pyridine rings is 1. The average molecular weight is 789 g/mol. The van der Waals surface area contributed by atoms with E-state index in [1.807, 2.05) is 0 Å². The summed E-state index contributed by atoms with van der Waals surface area (Å²) in [5.41, 5.74) is 16.6. The molecule has 0 bridgehead atoms. The summed E-state index contributed by atoms with van der Waals surface area (Å²) in [7, 11) is 0. The van der Waals surface area contributed by atoms with Crippen LogP contribution in [-0.4, -0.2) is 4.40 Å². The van der Waals surface area contributed by atoms with Gasteiger partial charge in [-0.05, 0) is 109 Å². The summed E-state index contributed by atoms with van der Waals surface area (Å²) in [6.07, 6.45) is 0. The van der Waals surface area contributed by atoms with Crippen LogP contribution in [0.25, 0.3) is 93.4 Å². The number of hydrogen-bond donors (Lipinski definition) is 0. The molecule has 2 heteroatoms. The van der Waals surface area contributed by atoms with Crippen molar-refractivity contribution in [1.29, 1.82) is 0 Å². The van der Waals surface area contributed by atoms with Crippen LogP contribution in [0.3, 0.4) is 0 Å². The van der Waals surface area contributed by atoms with Crippen molar-refractivity contribution in [2.24, 2.45) is 0 Å². The molecule has 10 aromatic carbocycles. The highest BCUT2D eigenvalue weighted by Crippen LogP contribution is 2.43. The van der Waals surface area contributed by atoms with Crippen molar-refractivity contribution in [2.75, 3.05) is 4.90 Å². The molecule has 0 atom stereocenters. The van der Waals surface area contributed by atoms with Gasteiger partial charge in [-0.25, -0.2) is 0 Å². The van der Waals surface area contributed by atoms with Gasteiger partial charge in [-0.3, -0.25) is 0 Å². The Labute approximate surface area is 360 Å². The third kappa shape index (κ3) is 5.96. The van der Waals surface area contributed by atoms with Crippen LogP contribution in [0.2, 0.25) is 0 Å². The molecule has 62 heavy (non-hydrogen) atoms. The molecule has 0 aliphatic rings. The molecule has 0 aliphatic carbocycles. The molecule has 0 unspecified atom stereocenters. The number of para-hydroxylation sites is 2. The number of rotatable bonds is 7. The van der Waals surface area contributed by atoms with Gasteiger partial charge in [-0.2, -0.15) is 0 Å². The standard InChI is InChI=1S/C60H40N2/c1-2-16-47(17-3-1)59-56-25-12-24-55(60(56)62-57-26-9-6-15-46(57)33-40-58(59)62)45-31-38-50(39-32-45)61(48-34-27-43(28-35-48)53-22-10-18-41-13-4-7-20-51(41)53)49-36-29-44(30-37-49)54-23-11-19-42-14-5-8-21-52(42)54/h1-40H. The Morgan fingerprint density at radius 1 is 0.258 bits per heavy atom. The zero-order valence-corrected chi connectivity index (χ0v) is 34.0. The molecular weight excluding hydrogens is 749 g/mol. The number of nitrogens with zero attached hydrogens (tertiary/aromatic N) is 2. The fourth-order valence-electron chi connectivity index (χ4n) is 9.68. The summed E-state index contributed by atoms with van der Waals surface area (Å²) < 4.78 is 2.47. The molecule has 0 aliphatic heterocycles. The van der Waals surface area contributed by atoms with Crippen molar-refractivity contribution in [3.8, 4) is 44.5 Å². The molecule has 12 rings (SSSR count). The lowest BCUT2D eigenvalue weighted by Gasteiger charge is -2.26. The predicted octanol–water partition coefficient (Wildman–Crippen LogP) is 16.7. The van der Waals surface area contributed by atoms with Gasteiger partial charge >= 0.3 is 0 Å². The monoisotopic (exact) mass is 788 g/mol. The largest absolute Gasteiger partial charge is 0.311 e. The van der Waals surface area contributed by atoms with Gasteiger partial charge in [0.05, 0.1) is 16.6 Å². The van der Waals surface area contributed by atoms with Crippen LogP contribution in [-0.2, 0) is 0 Å². The summed E-state index contributed by atoms with van der Waals surface area (Å²) in [5.74, 6) is 0. The zero-order valence-electron chi connectivity index (χ0n) is 34.0. The molecule has 290 valence electrons. The number of aromatic nitrogens is 1. The summed E-state index contributed by atoms with van der Waals surface area (Å²) >= 11 is 0. The normalized spacial score (nSPS) is 11.5. The van der Waals surface area contributed by atoms with E-state index in [-0.39, 0.29) is 0 Å². The van der Waals surface area contributed by atoms with Gasteiger partial charge in [-0.15, -0.1) is 0 Å². The Morgan fingerprint density at radius 3 is 1.27 bits per heavy atom. The number of fused-ring (bicyclic) bond motifs is 7. The van der Waals surface area contributed by atoms with Crippen LogP contribution in [0.5, 0.6) is 0 Å². The summed E-state index contributed by atoms with van der Waals surface area (Å²) in [5, 5.41) is 7.47. The average Bonchev–Trinajstić information content (AvgIpc) is 3.70.